The number of hydrogen-bond donors (Lipinski definition) is 0. The number of likely N-dealkylation sites (N-methyl/N-ethyl adjacent to an activating group) is 1. The summed E-state index contributed by atoms with van der Waals surface area (Å²) in [5, 5.41) is 0.399. The van der Waals surface area contributed by atoms with Crippen molar-refractivity contribution in [3.63, 3.8) is 0 Å². The third kappa shape index (κ3) is 7.19. The van der Waals surface area contributed by atoms with Gasteiger partial charge in [0.1, 0.15) is 18.3 Å². The van der Waals surface area contributed by atoms with Crippen molar-refractivity contribution in [2.24, 2.45) is 0 Å². The summed E-state index contributed by atoms with van der Waals surface area (Å²) in [5.74, 6) is 0.136. The molecule has 9 heteroatoms. The third-order valence-corrected chi connectivity index (χ3v) is 7.67. The minimum absolute atomic E-state index is 0.284. The molecule has 0 spiro atoms. The lowest BCUT2D eigenvalue weighted by molar-refractivity contribution is -0.115. The van der Waals surface area contributed by atoms with Crippen LogP contribution in [-0.4, -0.2) is 37.8 Å². The van der Waals surface area contributed by atoms with E-state index in [1.807, 2.05) is 30.1 Å². The second-order valence-electron chi connectivity index (χ2n) is 9.63. The predicted molar refractivity (Wildman–Crippen MR) is 158 cm³/mol. The Morgan fingerprint density at radius 2 is 1.56 bits per heavy atom. The first-order chi connectivity index (χ1) is 20.0. The minimum Gasteiger partial charge on any atom is -0.304 e. The molecule has 0 N–H and O–H groups in total. The molecule has 0 fully saturated rings. The molecule has 0 saturated carbocycles. The fraction of sp³-hybridized carbons (Fsp3) is 0.156. The lowest BCUT2D eigenvalue weighted by Crippen LogP contribution is -2.33. The average Bonchev–Trinajstić information content (AvgIpc) is 3.00. The molecule has 0 amide bonds. The smallest absolute Gasteiger partial charge is 0.277 e. The van der Waals surface area contributed by atoms with Crippen molar-refractivity contribution in [3.05, 3.63) is 142 Å². The number of benzene rings is 3. The average molecular weight is 566 g/mol. The highest BCUT2D eigenvalue weighted by molar-refractivity contribution is 7.98. The van der Waals surface area contributed by atoms with E-state index in [-0.39, 0.29) is 17.8 Å². The SMILES string of the molecule is CN(Cc1ccc(-c2ccccc2)cc1)C(C=O)n1cc(Cc2cncnc2)c(=O)nc1SCc1ccc(F)cc1. The summed E-state index contributed by atoms with van der Waals surface area (Å²) < 4.78 is 15.1. The van der Waals surface area contributed by atoms with Crippen molar-refractivity contribution >= 4 is 18.0 Å². The molecule has 1 atom stereocenters. The zero-order valence-electron chi connectivity index (χ0n) is 22.4. The molecule has 0 aliphatic carbocycles. The van der Waals surface area contributed by atoms with E-state index in [1.54, 1.807) is 35.3 Å². The summed E-state index contributed by atoms with van der Waals surface area (Å²) in [5.41, 5.74) is 4.97. The highest BCUT2D eigenvalue weighted by Crippen LogP contribution is 2.26. The van der Waals surface area contributed by atoms with Crippen molar-refractivity contribution in [2.45, 2.75) is 30.0 Å². The fourth-order valence-corrected chi connectivity index (χ4v) is 5.42. The summed E-state index contributed by atoms with van der Waals surface area (Å²) in [6, 6.07) is 24.6. The van der Waals surface area contributed by atoms with Crippen LogP contribution in [-0.2, 0) is 23.5 Å². The van der Waals surface area contributed by atoms with E-state index in [0.29, 0.717) is 23.0 Å². The van der Waals surface area contributed by atoms with Gasteiger partial charge in [-0.2, -0.15) is 4.98 Å². The maximum Gasteiger partial charge on any atom is 0.277 e. The number of carbonyl (C=O) groups excluding carboxylic acids is 1. The topological polar surface area (TPSA) is 81.0 Å². The predicted octanol–water partition coefficient (Wildman–Crippen LogP) is 5.55. The molecule has 2 aromatic heterocycles. The van der Waals surface area contributed by atoms with Crippen LogP contribution in [0.3, 0.4) is 0 Å². The number of aromatic nitrogens is 4. The molecule has 0 aliphatic rings. The van der Waals surface area contributed by atoms with Gasteiger partial charge in [0.2, 0.25) is 0 Å². The van der Waals surface area contributed by atoms with E-state index in [4.69, 9.17) is 0 Å². The van der Waals surface area contributed by atoms with Gasteiger partial charge in [-0.25, -0.2) is 14.4 Å². The van der Waals surface area contributed by atoms with Crippen LogP contribution in [0.5, 0.6) is 0 Å². The van der Waals surface area contributed by atoms with Crippen LogP contribution in [0, 0.1) is 5.82 Å². The number of aldehydes is 1. The quantitative estimate of drug-likeness (QED) is 0.118. The van der Waals surface area contributed by atoms with Gasteiger partial charge < -0.3 is 4.57 Å². The van der Waals surface area contributed by atoms with Gasteiger partial charge in [0.05, 0.1) is 0 Å². The number of carbonyl (C=O) groups is 1. The molecule has 1 unspecified atom stereocenters. The van der Waals surface area contributed by atoms with Gasteiger partial charge in [-0.1, -0.05) is 78.5 Å². The van der Waals surface area contributed by atoms with Gasteiger partial charge in [-0.05, 0) is 47.0 Å². The van der Waals surface area contributed by atoms with Crippen LogP contribution in [0.2, 0.25) is 0 Å². The van der Waals surface area contributed by atoms with E-state index >= 15 is 0 Å². The molecule has 206 valence electrons. The zero-order valence-corrected chi connectivity index (χ0v) is 23.2. The summed E-state index contributed by atoms with van der Waals surface area (Å²) in [6.07, 6.45) is 6.83. The van der Waals surface area contributed by atoms with Crippen LogP contribution >= 0.6 is 11.8 Å². The molecular formula is C32H28FN5O2S. The van der Waals surface area contributed by atoms with Crippen molar-refractivity contribution in [1.82, 2.24) is 24.4 Å². The third-order valence-electron chi connectivity index (χ3n) is 6.63. The standard InChI is InChI=1S/C32H28FN5O2S/c1-37(18-23-7-11-27(12-8-23)26-5-3-2-4-6-26)30(20-39)38-19-28(15-25-16-34-22-35-17-25)31(40)36-32(38)41-21-24-9-13-29(33)14-10-24/h2-14,16-17,19-20,22,30H,15,18,21H2,1H3. The lowest BCUT2D eigenvalue weighted by Gasteiger charge is -2.28. The first-order valence-electron chi connectivity index (χ1n) is 13.0. The Morgan fingerprint density at radius 3 is 2.24 bits per heavy atom. The number of thioether (sulfide) groups is 1. The molecular weight excluding hydrogens is 537 g/mol. The Bertz CT molecular complexity index is 1650. The van der Waals surface area contributed by atoms with E-state index in [9.17, 15) is 14.0 Å². The molecule has 5 rings (SSSR count). The number of halogens is 1. The molecule has 0 radical (unpaired) electrons. The number of hydrogen-bond acceptors (Lipinski definition) is 7. The van der Waals surface area contributed by atoms with Gasteiger partial charge in [-0.15, -0.1) is 0 Å². The Morgan fingerprint density at radius 1 is 0.902 bits per heavy atom. The van der Waals surface area contributed by atoms with E-state index < -0.39 is 6.17 Å². The highest BCUT2D eigenvalue weighted by atomic mass is 32.2. The maximum atomic E-state index is 13.4. The van der Waals surface area contributed by atoms with Crippen molar-refractivity contribution in [3.8, 4) is 11.1 Å². The van der Waals surface area contributed by atoms with Crippen LogP contribution in [0.4, 0.5) is 4.39 Å². The molecule has 41 heavy (non-hydrogen) atoms. The number of nitrogens with zero attached hydrogens (tertiary/aromatic N) is 5. The molecule has 3 aromatic carbocycles. The van der Waals surface area contributed by atoms with E-state index in [2.05, 4.69) is 51.4 Å². The van der Waals surface area contributed by atoms with Crippen LogP contribution in [0.25, 0.3) is 11.1 Å². The normalized spacial score (nSPS) is 11.9. The molecule has 0 aliphatic heterocycles. The largest absolute Gasteiger partial charge is 0.304 e. The Labute approximate surface area is 241 Å². The molecule has 0 saturated heterocycles. The molecule has 5 aromatic rings. The minimum atomic E-state index is -0.724. The zero-order chi connectivity index (χ0) is 28.6. The Kier molecular flexibility index (Phi) is 9.08. The van der Waals surface area contributed by atoms with Crippen molar-refractivity contribution < 1.29 is 9.18 Å². The van der Waals surface area contributed by atoms with Crippen molar-refractivity contribution in [2.75, 3.05) is 7.05 Å². The van der Waals surface area contributed by atoms with Gasteiger partial charge in [0.25, 0.3) is 5.56 Å². The summed E-state index contributed by atoms with van der Waals surface area (Å²) in [4.78, 5) is 40.0. The summed E-state index contributed by atoms with van der Waals surface area (Å²) >= 11 is 1.32. The second-order valence-corrected chi connectivity index (χ2v) is 10.6. The van der Waals surface area contributed by atoms with Crippen LogP contribution < -0.4 is 5.56 Å². The summed E-state index contributed by atoms with van der Waals surface area (Å²) in [7, 11) is 1.86. The van der Waals surface area contributed by atoms with Crippen molar-refractivity contribution in [1.29, 1.82) is 0 Å². The second kappa shape index (κ2) is 13.3. The Hall–Kier alpha value is -4.47. The van der Waals surface area contributed by atoms with Crippen LogP contribution in [0.15, 0.2) is 114 Å². The van der Waals surface area contributed by atoms with E-state index in [1.165, 1.54) is 30.2 Å². The van der Waals surface area contributed by atoms with Gasteiger partial charge in [-0.3, -0.25) is 14.5 Å². The first-order valence-corrected chi connectivity index (χ1v) is 14.0. The van der Waals surface area contributed by atoms with Gasteiger partial charge in [0.15, 0.2) is 11.4 Å². The molecule has 2 heterocycles. The van der Waals surface area contributed by atoms with Crippen LogP contribution in [0.1, 0.15) is 28.4 Å². The van der Waals surface area contributed by atoms with E-state index in [0.717, 1.165) is 34.1 Å². The maximum absolute atomic E-state index is 13.4. The first kappa shape index (κ1) is 28.1. The fourth-order valence-electron chi connectivity index (χ4n) is 4.48. The summed E-state index contributed by atoms with van der Waals surface area (Å²) in [6.45, 7) is 0.495. The highest BCUT2D eigenvalue weighted by Gasteiger charge is 2.21. The molecule has 7 nitrogen and oxygen atoms in total. The molecule has 0 bridgehead atoms. The monoisotopic (exact) mass is 565 g/mol. The number of rotatable bonds is 11. The van der Waals surface area contributed by atoms with Gasteiger partial charge in [0, 0.05) is 42.9 Å². The van der Waals surface area contributed by atoms with Gasteiger partial charge >= 0.3 is 0 Å². The lowest BCUT2D eigenvalue weighted by atomic mass is 10.0. The Balaban J connectivity index is 1.42.